The van der Waals surface area contributed by atoms with Crippen LogP contribution < -0.4 is 5.32 Å². The molecule has 0 spiro atoms. The van der Waals surface area contributed by atoms with Gasteiger partial charge in [-0.25, -0.2) is 0 Å². The second-order valence-corrected chi connectivity index (χ2v) is 5.76. The van der Waals surface area contributed by atoms with Crippen LogP contribution in [0.5, 0.6) is 0 Å². The lowest BCUT2D eigenvalue weighted by Gasteiger charge is -2.37. The van der Waals surface area contributed by atoms with Crippen LogP contribution in [0.2, 0.25) is 0 Å². The fourth-order valence-electron chi connectivity index (χ4n) is 2.62. The molecular weight excluding hydrogens is 196 g/mol. The molecule has 0 saturated carbocycles. The standard InChI is InChI=1S/C14H30N2/c1-5-16-10-8-14(13(4)11-16)15-9-6-7-12(2)3/h12-15H,5-11H2,1-4H3. The molecule has 1 rings (SSSR count). The van der Waals surface area contributed by atoms with Crippen molar-refractivity contribution in [2.75, 3.05) is 26.2 Å². The predicted octanol–water partition coefficient (Wildman–Crippen LogP) is 2.74. The predicted molar refractivity (Wildman–Crippen MR) is 71.8 cm³/mol. The van der Waals surface area contributed by atoms with E-state index in [-0.39, 0.29) is 0 Å². The zero-order chi connectivity index (χ0) is 12.0. The van der Waals surface area contributed by atoms with Crippen molar-refractivity contribution in [2.45, 2.75) is 53.0 Å². The Morgan fingerprint density at radius 3 is 2.69 bits per heavy atom. The first kappa shape index (κ1) is 14.0. The van der Waals surface area contributed by atoms with Gasteiger partial charge >= 0.3 is 0 Å². The minimum absolute atomic E-state index is 0.759. The number of piperidine rings is 1. The van der Waals surface area contributed by atoms with Gasteiger partial charge in [-0.1, -0.05) is 27.7 Å². The second kappa shape index (κ2) is 7.29. The van der Waals surface area contributed by atoms with Gasteiger partial charge in [0.05, 0.1) is 0 Å². The third-order valence-corrected chi connectivity index (χ3v) is 3.80. The second-order valence-electron chi connectivity index (χ2n) is 5.76. The van der Waals surface area contributed by atoms with Crippen LogP contribution in [0.3, 0.4) is 0 Å². The Hall–Kier alpha value is -0.0800. The van der Waals surface area contributed by atoms with Gasteiger partial charge in [0.2, 0.25) is 0 Å². The molecule has 1 fully saturated rings. The number of hydrogen-bond acceptors (Lipinski definition) is 2. The first-order valence-corrected chi connectivity index (χ1v) is 7.09. The molecule has 2 nitrogen and oxygen atoms in total. The van der Waals surface area contributed by atoms with E-state index in [0.717, 1.165) is 17.9 Å². The molecule has 2 unspecified atom stereocenters. The zero-order valence-corrected chi connectivity index (χ0v) is 11.6. The minimum Gasteiger partial charge on any atom is -0.314 e. The lowest BCUT2D eigenvalue weighted by molar-refractivity contribution is 0.153. The summed E-state index contributed by atoms with van der Waals surface area (Å²) in [5.41, 5.74) is 0. The van der Waals surface area contributed by atoms with E-state index in [1.165, 1.54) is 45.4 Å². The molecule has 0 aliphatic carbocycles. The molecule has 0 aromatic rings. The fraction of sp³-hybridized carbons (Fsp3) is 1.00. The molecule has 0 amide bonds. The van der Waals surface area contributed by atoms with Gasteiger partial charge in [0.25, 0.3) is 0 Å². The van der Waals surface area contributed by atoms with Gasteiger partial charge in [-0.05, 0) is 50.7 Å². The molecule has 2 atom stereocenters. The average molecular weight is 226 g/mol. The van der Waals surface area contributed by atoms with Gasteiger partial charge in [0, 0.05) is 12.6 Å². The normalized spacial score (nSPS) is 27.6. The first-order valence-electron chi connectivity index (χ1n) is 7.09. The van der Waals surface area contributed by atoms with E-state index >= 15 is 0 Å². The van der Waals surface area contributed by atoms with Crippen LogP contribution in [0.15, 0.2) is 0 Å². The number of rotatable bonds is 6. The fourth-order valence-corrected chi connectivity index (χ4v) is 2.62. The Bertz CT molecular complexity index is 180. The smallest absolute Gasteiger partial charge is 0.0117 e. The molecule has 1 aliphatic heterocycles. The molecule has 16 heavy (non-hydrogen) atoms. The molecule has 0 aromatic heterocycles. The summed E-state index contributed by atoms with van der Waals surface area (Å²) in [6.45, 7) is 14.3. The average Bonchev–Trinajstić information content (AvgIpc) is 2.25. The highest BCUT2D eigenvalue weighted by Gasteiger charge is 2.24. The van der Waals surface area contributed by atoms with Gasteiger partial charge in [0.15, 0.2) is 0 Å². The van der Waals surface area contributed by atoms with E-state index in [0.29, 0.717) is 0 Å². The highest BCUT2D eigenvalue weighted by molar-refractivity contribution is 4.82. The van der Waals surface area contributed by atoms with Crippen molar-refractivity contribution in [1.82, 2.24) is 10.2 Å². The molecule has 96 valence electrons. The van der Waals surface area contributed by atoms with Gasteiger partial charge in [-0.2, -0.15) is 0 Å². The molecule has 0 radical (unpaired) electrons. The van der Waals surface area contributed by atoms with Crippen molar-refractivity contribution in [1.29, 1.82) is 0 Å². The van der Waals surface area contributed by atoms with Crippen molar-refractivity contribution >= 4 is 0 Å². The largest absolute Gasteiger partial charge is 0.314 e. The lowest BCUT2D eigenvalue weighted by Crippen LogP contribution is -2.48. The number of hydrogen-bond donors (Lipinski definition) is 1. The summed E-state index contributed by atoms with van der Waals surface area (Å²) >= 11 is 0. The lowest BCUT2D eigenvalue weighted by atomic mass is 9.93. The van der Waals surface area contributed by atoms with Crippen LogP contribution in [0.1, 0.15) is 47.0 Å². The van der Waals surface area contributed by atoms with E-state index < -0.39 is 0 Å². The van der Waals surface area contributed by atoms with E-state index in [4.69, 9.17) is 0 Å². The topological polar surface area (TPSA) is 15.3 Å². The zero-order valence-electron chi connectivity index (χ0n) is 11.6. The Balaban J connectivity index is 2.13. The third kappa shape index (κ3) is 4.84. The van der Waals surface area contributed by atoms with Crippen molar-refractivity contribution < 1.29 is 0 Å². The molecule has 1 saturated heterocycles. The van der Waals surface area contributed by atoms with E-state index in [1.54, 1.807) is 0 Å². The highest BCUT2D eigenvalue weighted by atomic mass is 15.1. The summed E-state index contributed by atoms with van der Waals surface area (Å²) < 4.78 is 0. The Morgan fingerprint density at radius 1 is 1.38 bits per heavy atom. The summed E-state index contributed by atoms with van der Waals surface area (Å²) in [6.07, 6.45) is 4.02. The SMILES string of the molecule is CCN1CCC(NCCCC(C)C)C(C)C1. The molecule has 0 aromatic carbocycles. The van der Waals surface area contributed by atoms with E-state index in [9.17, 15) is 0 Å². The highest BCUT2D eigenvalue weighted by Crippen LogP contribution is 2.16. The molecule has 2 heteroatoms. The molecular formula is C14H30N2. The van der Waals surface area contributed by atoms with Crippen molar-refractivity contribution in [3.8, 4) is 0 Å². The molecule has 0 bridgehead atoms. The minimum atomic E-state index is 0.759. The van der Waals surface area contributed by atoms with Gasteiger partial charge in [-0.3, -0.25) is 0 Å². The first-order chi connectivity index (χ1) is 7.63. The van der Waals surface area contributed by atoms with Gasteiger partial charge in [0.1, 0.15) is 0 Å². The van der Waals surface area contributed by atoms with E-state index in [1.807, 2.05) is 0 Å². The third-order valence-electron chi connectivity index (χ3n) is 3.80. The summed E-state index contributed by atoms with van der Waals surface area (Å²) in [7, 11) is 0. The van der Waals surface area contributed by atoms with Crippen LogP contribution in [0.25, 0.3) is 0 Å². The quantitative estimate of drug-likeness (QED) is 0.701. The van der Waals surface area contributed by atoms with Gasteiger partial charge in [-0.15, -0.1) is 0 Å². The molecule has 1 aliphatic rings. The van der Waals surface area contributed by atoms with Crippen LogP contribution in [-0.2, 0) is 0 Å². The summed E-state index contributed by atoms with van der Waals surface area (Å²) in [6, 6.07) is 0.759. The molecule has 1 N–H and O–H groups in total. The Morgan fingerprint density at radius 2 is 2.12 bits per heavy atom. The van der Waals surface area contributed by atoms with Crippen LogP contribution in [0.4, 0.5) is 0 Å². The van der Waals surface area contributed by atoms with Crippen molar-refractivity contribution in [2.24, 2.45) is 11.8 Å². The Labute approximate surface area is 102 Å². The molecule has 1 heterocycles. The maximum absolute atomic E-state index is 3.74. The summed E-state index contributed by atoms with van der Waals surface area (Å²) in [4.78, 5) is 2.57. The van der Waals surface area contributed by atoms with E-state index in [2.05, 4.69) is 37.9 Å². The van der Waals surface area contributed by atoms with Crippen LogP contribution in [0, 0.1) is 11.8 Å². The summed E-state index contributed by atoms with van der Waals surface area (Å²) in [5, 5.41) is 3.74. The van der Waals surface area contributed by atoms with Crippen LogP contribution in [-0.4, -0.2) is 37.1 Å². The Kier molecular flexibility index (Phi) is 6.37. The summed E-state index contributed by atoms with van der Waals surface area (Å²) in [5.74, 6) is 1.66. The van der Waals surface area contributed by atoms with Crippen molar-refractivity contribution in [3.63, 3.8) is 0 Å². The maximum atomic E-state index is 3.74. The maximum Gasteiger partial charge on any atom is 0.0117 e. The van der Waals surface area contributed by atoms with Crippen molar-refractivity contribution in [3.05, 3.63) is 0 Å². The van der Waals surface area contributed by atoms with Crippen LogP contribution >= 0.6 is 0 Å². The monoisotopic (exact) mass is 226 g/mol. The number of nitrogens with zero attached hydrogens (tertiary/aromatic N) is 1. The number of likely N-dealkylation sites (tertiary alicyclic amines) is 1. The van der Waals surface area contributed by atoms with Gasteiger partial charge < -0.3 is 10.2 Å². The number of nitrogens with one attached hydrogen (secondary N) is 1.